The topological polar surface area (TPSA) is 118 Å². The first-order chi connectivity index (χ1) is 6.59. The number of halogens is 3. The van der Waals surface area contributed by atoms with E-state index in [9.17, 15) is 15.0 Å². The number of rotatable bonds is 5. The van der Waals surface area contributed by atoms with E-state index in [0.717, 1.165) is 0 Å². The number of hydrogen-bond donors (Lipinski definition) is 5. The minimum atomic E-state index is -3.12. The van der Waals surface area contributed by atoms with Crippen LogP contribution in [-0.2, 0) is 4.79 Å². The van der Waals surface area contributed by atoms with E-state index in [-0.39, 0.29) is 6.29 Å². The predicted octanol–water partition coefficient (Wildman–Crippen LogP) is -1.68. The molecule has 0 radical (unpaired) electrons. The Bertz CT molecular complexity index is 231. The van der Waals surface area contributed by atoms with Gasteiger partial charge in [-0.15, -0.1) is 0 Å². The van der Waals surface area contributed by atoms with Crippen molar-refractivity contribution < 1.29 is 30.3 Å². The zero-order chi connectivity index (χ0) is 12.4. The van der Waals surface area contributed by atoms with Gasteiger partial charge in [0, 0.05) is 0 Å². The van der Waals surface area contributed by atoms with Crippen LogP contribution in [0.4, 0.5) is 0 Å². The van der Waals surface area contributed by atoms with Gasteiger partial charge in [-0.05, 0) is 0 Å². The summed E-state index contributed by atoms with van der Waals surface area (Å²) in [5.74, 6) is 0. The molecule has 0 bridgehead atoms. The van der Waals surface area contributed by atoms with E-state index in [1.807, 2.05) is 0 Å². The molecule has 0 fully saturated rings. The van der Waals surface area contributed by atoms with Crippen molar-refractivity contribution in [3.8, 4) is 0 Å². The average Bonchev–Trinajstić information content (AvgIpc) is 2.14. The number of alkyl halides is 3. The molecule has 0 aliphatic carbocycles. The largest absolute Gasteiger partial charge is 0.385 e. The standard InChI is InChI=1S/C6H9Cl3O6/c7-4(13)3(12)6(9,15)5(8,14)2(11)1-10/h1-4,11-15H/t2-,3+,4?,5+,6+/m0/s1. The van der Waals surface area contributed by atoms with Crippen LogP contribution in [-0.4, -0.2) is 59.7 Å². The highest BCUT2D eigenvalue weighted by atomic mass is 35.5. The number of carbonyl (C=O) groups is 1. The maximum atomic E-state index is 10.1. The summed E-state index contributed by atoms with van der Waals surface area (Å²) in [7, 11) is 0. The van der Waals surface area contributed by atoms with Crippen molar-refractivity contribution in [2.75, 3.05) is 0 Å². The molecular formula is C6H9Cl3O6. The summed E-state index contributed by atoms with van der Waals surface area (Å²) in [6.45, 7) is 0. The highest BCUT2D eigenvalue weighted by Gasteiger charge is 2.58. The van der Waals surface area contributed by atoms with E-state index in [0.29, 0.717) is 0 Å². The van der Waals surface area contributed by atoms with Crippen LogP contribution in [0, 0.1) is 0 Å². The molecule has 0 aliphatic heterocycles. The second-order valence-corrected chi connectivity index (χ2v) is 4.34. The molecule has 0 spiro atoms. The Kier molecular flexibility index (Phi) is 5.23. The van der Waals surface area contributed by atoms with E-state index in [2.05, 4.69) is 0 Å². The molecule has 0 saturated carbocycles. The van der Waals surface area contributed by atoms with E-state index in [4.69, 9.17) is 50.1 Å². The Balaban J connectivity index is 5.07. The molecule has 0 aromatic heterocycles. The normalized spacial score (nSPS) is 25.9. The maximum Gasteiger partial charge on any atom is 0.217 e. The molecule has 0 aromatic carbocycles. The summed E-state index contributed by atoms with van der Waals surface area (Å²) in [5.41, 5.74) is -2.06. The highest BCUT2D eigenvalue weighted by molar-refractivity contribution is 6.34. The Hall–Kier alpha value is 0.340. The van der Waals surface area contributed by atoms with Crippen LogP contribution >= 0.6 is 34.8 Å². The molecule has 5 atom stereocenters. The van der Waals surface area contributed by atoms with Crippen LogP contribution < -0.4 is 0 Å². The molecule has 0 aliphatic rings. The SMILES string of the molecule is O=C[C@H](O)[C@](O)(Cl)[C@@](O)(Cl)[C@H](O)C(O)Cl. The van der Waals surface area contributed by atoms with Crippen molar-refractivity contribution in [2.24, 2.45) is 0 Å². The van der Waals surface area contributed by atoms with E-state index in [1.54, 1.807) is 0 Å². The van der Waals surface area contributed by atoms with Gasteiger partial charge in [0.1, 0.15) is 6.10 Å². The first-order valence-corrected chi connectivity index (χ1v) is 4.74. The van der Waals surface area contributed by atoms with Gasteiger partial charge >= 0.3 is 0 Å². The number of carbonyl (C=O) groups excluding carboxylic acids is 1. The molecule has 6 nitrogen and oxygen atoms in total. The molecule has 9 heteroatoms. The summed E-state index contributed by atoms with van der Waals surface area (Å²) in [6.07, 6.45) is -4.79. The predicted molar refractivity (Wildman–Crippen MR) is 51.5 cm³/mol. The third kappa shape index (κ3) is 2.92. The number of aliphatic hydroxyl groups is 5. The van der Waals surface area contributed by atoms with Gasteiger partial charge in [-0.3, -0.25) is 0 Å². The Morgan fingerprint density at radius 1 is 1.07 bits per heavy atom. The lowest BCUT2D eigenvalue weighted by atomic mass is 10.0. The molecule has 15 heavy (non-hydrogen) atoms. The monoisotopic (exact) mass is 282 g/mol. The summed E-state index contributed by atoms with van der Waals surface area (Å²) in [5, 5.41) is 39.2. The van der Waals surface area contributed by atoms with E-state index in [1.165, 1.54) is 0 Å². The number of aliphatic hydroxyl groups excluding tert-OH is 3. The summed E-state index contributed by atoms with van der Waals surface area (Å²) >= 11 is 15.4. The number of hydrogen-bond acceptors (Lipinski definition) is 6. The fourth-order valence-corrected chi connectivity index (χ4v) is 1.33. The van der Waals surface area contributed by atoms with Gasteiger partial charge < -0.3 is 30.3 Å². The van der Waals surface area contributed by atoms with Crippen LogP contribution in [0.15, 0.2) is 0 Å². The van der Waals surface area contributed by atoms with Gasteiger partial charge in [0.05, 0.1) is 0 Å². The van der Waals surface area contributed by atoms with Crippen LogP contribution in [0.2, 0.25) is 0 Å². The molecule has 90 valence electrons. The molecule has 5 N–H and O–H groups in total. The van der Waals surface area contributed by atoms with Crippen molar-refractivity contribution >= 4 is 41.1 Å². The molecule has 0 saturated heterocycles. The zero-order valence-corrected chi connectivity index (χ0v) is 9.36. The third-order valence-corrected chi connectivity index (χ3v) is 3.02. The molecule has 1 unspecified atom stereocenters. The highest BCUT2D eigenvalue weighted by Crippen LogP contribution is 2.37. The fourth-order valence-electron chi connectivity index (χ4n) is 0.687. The summed E-state index contributed by atoms with van der Waals surface area (Å²) < 4.78 is 0. The smallest absolute Gasteiger partial charge is 0.217 e. The quantitative estimate of drug-likeness (QED) is 0.304. The van der Waals surface area contributed by atoms with Crippen LogP contribution in [0.1, 0.15) is 0 Å². The first kappa shape index (κ1) is 15.3. The third-order valence-electron chi connectivity index (χ3n) is 1.67. The van der Waals surface area contributed by atoms with Crippen molar-refractivity contribution in [3.63, 3.8) is 0 Å². The van der Waals surface area contributed by atoms with Gasteiger partial charge in [0.15, 0.2) is 18.0 Å². The van der Waals surface area contributed by atoms with Crippen molar-refractivity contribution in [2.45, 2.75) is 27.9 Å². The second-order valence-electron chi connectivity index (χ2n) is 2.75. The van der Waals surface area contributed by atoms with E-state index >= 15 is 0 Å². The lowest BCUT2D eigenvalue weighted by molar-refractivity contribution is -0.169. The van der Waals surface area contributed by atoms with Gasteiger partial charge in [0.25, 0.3) is 0 Å². The molecule has 0 rings (SSSR count). The maximum absolute atomic E-state index is 10.1. The summed E-state index contributed by atoms with van der Waals surface area (Å²) in [6, 6.07) is 0. The van der Waals surface area contributed by atoms with Gasteiger partial charge in [-0.2, -0.15) is 0 Å². The summed E-state index contributed by atoms with van der Waals surface area (Å²) in [4.78, 5) is 10.1. The Labute approximate surface area is 99.6 Å². The Morgan fingerprint density at radius 3 is 1.73 bits per heavy atom. The van der Waals surface area contributed by atoms with Crippen molar-refractivity contribution in [1.82, 2.24) is 0 Å². The fraction of sp³-hybridized carbons (Fsp3) is 0.833. The van der Waals surface area contributed by atoms with Crippen LogP contribution in [0.25, 0.3) is 0 Å². The van der Waals surface area contributed by atoms with Crippen molar-refractivity contribution in [3.05, 3.63) is 0 Å². The van der Waals surface area contributed by atoms with Crippen LogP contribution in [0.3, 0.4) is 0 Å². The van der Waals surface area contributed by atoms with Crippen molar-refractivity contribution in [1.29, 1.82) is 0 Å². The second kappa shape index (κ2) is 5.11. The van der Waals surface area contributed by atoms with Gasteiger partial charge in [-0.1, -0.05) is 34.8 Å². The lowest BCUT2D eigenvalue weighted by Crippen LogP contribution is -2.62. The lowest BCUT2D eigenvalue weighted by Gasteiger charge is -2.38. The zero-order valence-electron chi connectivity index (χ0n) is 7.09. The minimum absolute atomic E-state index is 0.215. The van der Waals surface area contributed by atoms with Gasteiger partial charge in [-0.25, -0.2) is 0 Å². The Morgan fingerprint density at radius 2 is 1.47 bits per heavy atom. The molecule has 0 aromatic rings. The first-order valence-electron chi connectivity index (χ1n) is 3.55. The molecule has 0 heterocycles. The van der Waals surface area contributed by atoms with Gasteiger partial charge in [0.2, 0.25) is 10.1 Å². The van der Waals surface area contributed by atoms with E-state index < -0.39 is 27.9 Å². The molecule has 0 amide bonds. The number of aldehydes is 1. The molecular weight excluding hydrogens is 274 g/mol. The average molecular weight is 283 g/mol. The van der Waals surface area contributed by atoms with Crippen LogP contribution in [0.5, 0.6) is 0 Å². The minimum Gasteiger partial charge on any atom is -0.385 e.